The summed E-state index contributed by atoms with van der Waals surface area (Å²) in [6.45, 7) is 3.92. The van der Waals surface area contributed by atoms with Gasteiger partial charge in [-0.05, 0) is 105 Å². The predicted octanol–water partition coefficient (Wildman–Crippen LogP) is 6.69. The minimum absolute atomic E-state index is 0.195. The number of carbonyl (C=O) groups is 1. The summed E-state index contributed by atoms with van der Waals surface area (Å²) < 4.78 is 27.8. The van der Waals surface area contributed by atoms with Gasteiger partial charge in [-0.25, -0.2) is 14.2 Å². The van der Waals surface area contributed by atoms with Crippen molar-refractivity contribution in [2.45, 2.75) is 26.5 Å². The molecule has 0 amide bonds. The Kier molecular flexibility index (Phi) is 8.94. The van der Waals surface area contributed by atoms with Crippen LogP contribution in [0.4, 0.5) is 4.39 Å². The van der Waals surface area contributed by atoms with Gasteiger partial charge in [-0.15, -0.1) is 0 Å². The summed E-state index contributed by atoms with van der Waals surface area (Å²) in [5.41, 5.74) is 2.79. The maximum absolute atomic E-state index is 13.8. The van der Waals surface area contributed by atoms with Crippen molar-refractivity contribution in [1.29, 1.82) is 0 Å². The lowest BCUT2D eigenvalue weighted by Gasteiger charge is -2.24. The van der Waals surface area contributed by atoms with Gasteiger partial charge in [0, 0.05) is 5.02 Å². The lowest BCUT2D eigenvalue weighted by Crippen LogP contribution is -2.39. The summed E-state index contributed by atoms with van der Waals surface area (Å²) in [5.74, 6) is -0.255. The first-order valence-electron chi connectivity index (χ1n) is 12.5. The molecule has 0 radical (unpaired) electrons. The van der Waals surface area contributed by atoms with Crippen LogP contribution in [-0.2, 0) is 16.1 Å². The molecule has 41 heavy (non-hydrogen) atoms. The molecule has 0 N–H and O–H groups in total. The molecule has 3 aromatic carbocycles. The zero-order valence-corrected chi connectivity index (χ0v) is 26.5. The van der Waals surface area contributed by atoms with Crippen LogP contribution >= 0.6 is 54.8 Å². The second kappa shape index (κ2) is 12.4. The molecule has 0 bridgehead atoms. The quantitative estimate of drug-likeness (QED) is 0.200. The molecule has 0 aliphatic carbocycles. The second-order valence-corrected chi connectivity index (χ2v) is 12.2. The van der Waals surface area contributed by atoms with Crippen LogP contribution in [-0.4, -0.2) is 17.1 Å². The Bertz CT molecular complexity index is 1830. The standard InChI is InChI=1S/C30H22Br2ClFN2O4S/c1-3-39-29(38)25-16(2)35-30-36(26(25)19-6-8-20(33)9-7-19)28(37)24(41-30)14-18-12-22(31)27(23(32)13-18)40-15-17-4-10-21(34)11-5-17/h4-14,26H,3,15H2,1-2H3. The molecule has 1 unspecified atom stereocenters. The topological polar surface area (TPSA) is 69.9 Å². The summed E-state index contributed by atoms with van der Waals surface area (Å²) in [7, 11) is 0. The van der Waals surface area contributed by atoms with Gasteiger partial charge in [0.2, 0.25) is 0 Å². The van der Waals surface area contributed by atoms with Crippen molar-refractivity contribution in [3.63, 3.8) is 0 Å². The van der Waals surface area contributed by atoms with Crippen LogP contribution < -0.4 is 19.6 Å². The number of ether oxygens (including phenoxy) is 2. The lowest BCUT2D eigenvalue weighted by atomic mass is 9.96. The molecule has 4 aromatic rings. The zero-order chi connectivity index (χ0) is 29.3. The van der Waals surface area contributed by atoms with E-state index in [1.807, 2.05) is 12.1 Å². The van der Waals surface area contributed by atoms with E-state index in [0.29, 0.717) is 45.9 Å². The number of fused-ring (bicyclic) bond motifs is 1. The summed E-state index contributed by atoms with van der Waals surface area (Å²) in [6, 6.07) is 16.1. The van der Waals surface area contributed by atoms with Gasteiger partial charge < -0.3 is 9.47 Å². The van der Waals surface area contributed by atoms with Crippen molar-refractivity contribution in [1.82, 2.24) is 4.57 Å². The Morgan fingerprint density at radius 1 is 1.12 bits per heavy atom. The Labute approximate surface area is 260 Å². The first-order valence-corrected chi connectivity index (χ1v) is 15.3. The van der Waals surface area contributed by atoms with Crippen LogP contribution in [0.3, 0.4) is 0 Å². The van der Waals surface area contributed by atoms with E-state index in [4.69, 9.17) is 21.1 Å². The van der Waals surface area contributed by atoms with E-state index in [2.05, 4.69) is 36.9 Å². The van der Waals surface area contributed by atoms with Crippen LogP contribution in [0.2, 0.25) is 5.02 Å². The first kappa shape index (κ1) is 29.4. The predicted molar refractivity (Wildman–Crippen MR) is 164 cm³/mol. The van der Waals surface area contributed by atoms with E-state index in [1.165, 1.54) is 28.0 Å². The van der Waals surface area contributed by atoms with E-state index in [-0.39, 0.29) is 24.6 Å². The number of nitrogens with zero attached hydrogens (tertiary/aromatic N) is 2. The van der Waals surface area contributed by atoms with Gasteiger partial charge in [0.1, 0.15) is 18.2 Å². The van der Waals surface area contributed by atoms with Crippen molar-refractivity contribution in [2.24, 2.45) is 4.99 Å². The van der Waals surface area contributed by atoms with Gasteiger partial charge >= 0.3 is 5.97 Å². The van der Waals surface area contributed by atoms with Gasteiger partial charge in [-0.1, -0.05) is 47.2 Å². The average Bonchev–Trinajstić information content (AvgIpc) is 3.23. The number of esters is 1. The van der Waals surface area contributed by atoms with Crippen molar-refractivity contribution >= 4 is 66.8 Å². The molecular weight excluding hydrogens is 699 g/mol. The van der Waals surface area contributed by atoms with Gasteiger partial charge in [0.15, 0.2) is 4.80 Å². The molecule has 0 saturated heterocycles. The molecule has 5 rings (SSSR count). The molecule has 0 fully saturated rings. The normalized spacial score (nSPS) is 15.0. The van der Waals surface area contributed by atoms with Gasteiger partial charge in [-0.3, -0.25) is 9.36 Å². The van der Waals surface area contributed by atoms with E-state index in [0.717, 1.165) is 11.1 Å². The van der Waals surface area contributed by atoms with E-state index >= 15 is 0 Å². The number of hydrogen-bond donors (Lipinski definition) is 0. The SMILES string of the molecule is CCOC(=O)C1=C(C)N=c2sc(=Cc3cc(Br)c(OCc4ccc(F)cc4)c(Br)c3)c(=O)n2C1c1ccc(Cl)cc1. The number of hydrogen-bond acceptors (Lipinski definition) is 6. The fraction of sp³-hybridized carbons (Fsp3) is 0.167. The molecule has 1 aromatic heterocycles. The van der Waals surface area contributed by atoms with Crippen molar-refractivity contribution in [3.05, 3.63) is 128 Å². The fourth-order valence-electron chi connectivity index (χ4n) is 4.44. The fourth-order valence-corrected chi connectivity index (χ4v) is 7.06. The Morgan fingerprint density at radius 3 is 2.41 bits per heavy atom. The maximum Gasteiger partial charge on any atom is 0.338 e. The summed E-state index contributed by atoms with van der Waals surface area (Å²) in [4.78, 5) is 31.9. The minimum atomic E-state index is -0.717. The van der Waals surface area contributed by atoms with Crippen LogP contribution in [0.15, 0.2) is 90.7 Å². The molecule has 1 aliphatic rings. The van der Waals surface area contributed by atoms with E-state index in [9.17, 15) is 14.0 Å². The summed E-state index contributed by atoms with van der Waals surface area (Å²) >= 11 is 14.5. The average molecular weight is 721 g/mol. The monoisotopic (exact) mass is 718 g/mol. The third-order valence-electron chi connectivity index (χ3n) is 6.32. The van der Waals surface area contributed by atoms with Crippen molar-refractivity contribution < 1.29 is 18.7 Å². The molecule has 210 valence electrons. The number of thiazole rings is 1. The summed E-state index contributed by atoms with van der Waals surface area (Å²) in [6.07, 6.45) is 1.77. The number of aromatic nitrogens is 1. The lowest BCUT2D eigenvalue weighted by molar-refractivity contribution is -0.139. The molecule has 2 heterocycles. The molecule has 1 atom stereocenters. The Morgan fingerprint density at radius 2 is 1.78 bits per heavy atom. The van der Waals surface area contributed by atoms with E-state index in [1.54, 1.807) is 56.3 Å². The molecule has 0 saturated carbocycles. The molecule has 1 aliphatic heterocycles. The molecule has 0 spiro atoms. The van der Waals surface area contributed by atoms with Crippen molar-refractivity contribution in [3.8, 4) is 5.75 Å². The smallest absolute Gasteiger partial charge is 0.338 e. The maximum atomic E-state index is 13.8. The van der Waals surface area contributed by atoms with Crippen LogP contribution in [0, 0.1) is 5.82 Å². The first-order chi connectivity index (χ1) is 19.7. The zero-order valence-electron chi connectivity index (χ0n) is 21.8. The van der Waals surface area contributed by atoms with E-state index < -0.39 is 12.0 Å². The third-order valence-corrected chi connectivity index (χ3v) is 8.73. The number of carbonyl (C=O) groups excluding carboxylic acids is 1. The highest BCUT2D eigenvalue weighted by Crippen LogP contribution is 2.36. The van der Waals surface area contributed by atoms with Crippen LogP contribution in [0.5, 0.6) is 5.75 Å². The van der Waals surface area contributed by atoms with Crippen LogP contribution in [0.1, 0.15) is 36.6 Å². The second-order valence-electron chi connectivity index (χ2n) is 9.08. The highest BCUT2D eigenvalue weighted by molar-refractivity contribution is 9.11. The van der Waals surface area contributed by atoms with Crippen LogP contribution in [0.25, 0.3) is 6.08 Å². The highest BCUT2D eigenvalue weighted by Gasteiger charge is 2.33. The summed E-state index contributed by atoms with van der Waals surface area (Å²) in [5, 5.41) is 0.542. The number of halogens is 4. The number of rotatable bonds is 7. The Balaban J connectivity index is 1.54. The van der Waals surface area contributed by atoms with Gasteiger partial charge in [-0.2, -0.15) is 0 Å². The number of allylic oxidation sites excluding steroid dienone is 1. The van der Waals surface area contributed by atoms with Crippen molar-refractivity contribution in [2.75, 3.05) is 6.61 Å². The molecule has 6 nitrogen and oxygen atoms in total. The Hall–Kier alpha value is -3.05. The largest absolute Gasteiger partial charge is 0.487 e. The number of benzene rings is 3. The third kappa shape index (κ3) is 6.25. The molecule has 11 heteroatoms. The van der Waals surface area contributed by atoms with Gasteiger partial charge in [0.25, 0.3) is 5.56 Å². The van der Waals surface area contributed by atoms with Gasteiger partial charge in [0.05, 0.1) is 37.4 Å². The minimum Gasteiger partial charge on any atom is -0.487 e. The highest BCUT2D eigenvalue weighted by atomic mass is 79.9. The molecular formula is C30H22Br2ClFN2O4S.